The van der Waals surface area contributed by atoms with Crippen molar-refractivity contribution in [3.05, 3.63) is 64.5 Å². The second kappa shape index (κ2) is 5.76. The average molecular weight is 267 g/mol. The number of benzene rings is 1. The second-order valence-electron chi connectivity index (χ2n) is 5.58. The molecule has 1 aliphatic rings. The van der Waals surface area contributed by atoms with Crippen LogP contribution in [-0.4, -0.2) is 10.1 Å². The molecule has 0 radical (unpaired) electrons. The van der Waals surface area contributed by atoms with Crippen LogP contribution < -0.4 is 0 Å². The Hall–Kier alpha value is -1.67. The van der Waals surface area contributed by atoms with Crippen LogP contribution in [0.15, 0.2) is 36.5 Å². The van der Waals surface area contributed by atoms with Crippen molar-refractivity contribution >= 4 is 0 Å². The van der Waals surface area contributed by atoms with Gasteiger partial charge in [-0.2, -0.15) is 0 Å². The van der Waals surface area contributed by atoms with E-state index >= 15 is 0 Å². The predicted octanol–water partition coefficient (Wildman–Crippen LogP) is 3.41. The molecule has 0 aliphatic heterocycles. The monoisotopic (exact) mass is 267 g/mol. The zero-order valence-corrected chi connectivity index (χ0v) is 12.0. The first kappa shape index (κ1) is 13.3. The number of nitrogens with zero attached hydrogens (tertiary/aromatic N) is 1. The second-order valence-corrected chi connectivity index (χ2v) is 5.58. The number of rotatable bonds is 4. The van der Waals surface area contributed by atoms with E-state index in [9.17, 15) is 5.11 Å². The molecule has 1 aromatic heterocycles. The molecule has 2 heteroatoms. The third-order valence-electron chi connectivity index (χ3n) is 4.21. The molecule has 0 amide bonds. The molecule has 1 unspecified atom stereocenters. The lowest BCUT2D eigenvalue weighted by atomic mass is 9.98. The Morgan fingerprint density at radius 1 is 1.20 bits per heavy atom. The average Bonchev–Trinajstić information content (AvgIpc) is 2.94. The maximum Gasteiger partial charge on any atom is 0.100 e. The van der Waals surface area contributed by atoms with Crippen LogP contribution in [0.25, 0.3) is 0 Å². The van der Waals surface area contributed by atoms with E-state index in [1.54, 1.807) is 6.20 Å². The van der Waals surface area contributed by atoms with Gasteiger partial charge in [-0.15, -0.1) is 0 Å². The summed E-state index contributed by atoms with van der Waals surface area (Å²) in [7, 11) is 0. The molecular formula is C18H21NO. The van der Waals surface area contributed by atoms with Crippen molar-refractivity contribution in [2.75, 3.05) is 0 Å². The highest BCUT2D eigenvalue weighted by molar-refractivity contribution is 5.36. The van der Waals surface area contributed by atoms with Crippen molar-refractivity contribution in [3.63, 3.8) is 0 Å². The molecule has 1 atom stereocenters. The Labute approximate surface area is 120 Å². The van der Waals surface area contributed by atoms with E-state index in [0.717, 1.165) is 17.7 Å². The molecule has 1 heterocycles. The Morgan fingerprint density at radius 3 is 2.90 bits per heavy atom. The Kier molecular flexibility index (Phi) is 3.83. The summed E-state index contributed by atoms with van der Waals surface area (Å²) >= 11 is 0. The normalized spacial score (nSPS) is 15.1. The topological polar surface area (TPSA) is 33.1 Å². The fourth-order valence-corrected chi connectivity index (χ4v) is 3.12. The van der Waals surface area contributed by atoms with E-state index in [1.807, 2.05) is 12.1 Å². The molecule has 104 valence electrons. The summed E-state index contributed by atoms with van der Waals surface area (Å²) in [4.78, 5) is 4.37. The number of hydrogen-bond donors (Lipinski definition) is 1. The number of fused-ring (bicyclic) bond motifs is 1. The summed E-state index contributed by atoms with van der Waals surface area (Å²) in [6.07, 6.45) is 6.47. The van der Waals surface area contributed by atoms with Crippen molar-refractivity contribution in [2.45, 2.75) is 45.1 Å². The van der Waals surface area contributed by atoms with E-state index < -0.39 is 6.10 Å². The van der Waals surface area contributed by atoms with Gasteiger partial charge in [0.25, 0.3) is 0 Å². The van der Waals surface area contributed by atoms with Gasteiger partial charge >= 0.3 is 0 Å². The molecule has 1 aromatic carbocycles. The molecule has 0 fully saturated rings. The third-order valence-corrected chi connectivity index (χ3v) is 4.21. The van der Waals surface area contributed by atoms with Crippen molar-refractivity contribution in [2.24, 2.45) is 0 Å². The Morgan fingerprint density at radius 2 is 2.05 bits per heavy atom. The van der Waals surface area contributed by atoms with Crippen molar-refractivity contribution in [1.29, 1.82) is 0 Å². The summed E-state index contributed by atoms with van der Waals surface area (Å²) < 4.78 is 0. The number of aliphatic hydroxyl groups excluding tert-OH is 1. The lowest BCUT2D eigenvalue weighted by molar-refractivity contribution is 0.172. The highest BCUT2D eigenvalue weighted by Gasteiger charge is 2.16. The fourth-order valence-electron chi connectivity index (χ4n) is 3.12. The first-order valence-electron chi connectivity index (χ1n) is 7.50. The molecule has 1 N–H and O–H groups in total. The van der Waals surface area contributed by atoms with Gasteiger partial charge in [-0.05, 0) is 54.0 Å². The van der Waals surface area contributed by atoms with Gasteiger partial charge in [0, 0.05) is 12.6 Å². The van der Waals surface area contributed by atoms with E-state index in [2.05, 4.69) is 30.1 Å². The summed E-state index contributed by atoms with van der Waals surface area (Å²) in [5.74, 6) is 0. The number of hydrogen-bond acceptors (Lipinski definition) is 2. The number of aromatic nitrogens is 1. The van der Waals surface area contributed by atoms with Crippen molar-refractivity contribution < 1.29 is 5.11 Å². The minimum Gasteiger partial charge on any atom is -0.386 e. The van der Waals surface area contributed by atoms with Crippen LogP contribution in [0.5, 0.6) is 0 Å². The number of aliphatic hydroxyl groups is 1. The molecule has 1 aliphatic carbocycles. The van der Waals surface area contributed by atoms with E-state index in [0.29, 0.717) is 6.42 Å². The largest absolute Gasteiger partial charge is 0.386 e. The van der Waals surface area contributed by atoms with Crippen LogP contribution >= 0.6 is 0 Å². The lowest BCUT2D eigenvalue weighted by Gasteiger charge is -2.14. The third kappa shape index (κ3) is 2.61. The van der Waals surface area contributed by atoms with Crippen LogP contribution in [0.1, 0.15) is 47.4 Å². The standard InChI is InChI=1S/C18H21NO/c1-2-14-7-4-10-19-18(14)17(20)12-13-8-9-15-5-3-6-16(15)11-13/h4,7-11,17,20H,2-3,5-6,12H2,1H3. The fraction of sp³-hybridized carbons (Fsp3) is 0.389. The summed E-state index contributed by atoms with van der Waals surface area (Å²) in [6, 6.07) is 10.6. The first-order chi connectivity index (χ1) is 9.78. The summed E-state index contributed by atoms with van der Waals surface area (Å²) in [5, 5.41) is 10.5. The Bertz CT molecular complexity index is 606. The first-order valence-corrected chi connectivity index (χ1v) is 7.50. The lowest BCUT2D eigenvalue weighted by Crippen LogP contribution is -2.07. The Balaban J connectivity index is 1.80. The van der Waals surface area contributed by atoms with E-state index in [4.69, 9.17) is 0 Å². The molecule has 0 spiro atoms. The van der Waals surface area contributed by atoms with Gasteiger partial charge in [-0.3, -0.25) is 4.98 Å². The van der Waals surface area contributed by atoms with Crippen molar-refractivity contribution in [1.82, 2.24) is 4.98 Å². The van der Waals surface area contributed by atoms with Gasteiger partial charge in [0.05, 0.1) is 5.69 Å². The molecule has 0 saturated carbocycles. The zero-order valence-electron chi connectivity index (χ0n) is 12.0. The van der Waals surface area contributed by atoms with Crippen LogP contribution in [0, 0.1) is 0 Å². The van der Waals surface area contributed by atoms with Gasteiger partial charge < -0.3 is 5.11 Å². The molecular weight excluding hydrogens is 246 g/mol. The van der Waals surface area contributed by atoms with Crippen molar-refractivity contribution in [3.8, 4) is 0 Å². The quantitative estimate of drug-likeness (QED) is 0.921. The molecule has 0 bridgehead atoms. The summed E-state index contributed by atoms with van der Waals surface area (Å²) in [5.41, 5.74) is 6.13. The molecule has 0 saturated heterocycles. The van der Waals surface area contributed by atoms with Crippen LogP contribution in [0.4, 0.5) is 0 Å². The maximum atomic E-state index is 10.5. The van der Waals surface area contributed by atoms with Gasteiger partial charge in [0.15, 0.2) is 0 Å². The van der Waals surface area contributed by atoms with Gasteiger partial charge in [-0.1, -0.05) is 31.2 Å². The van der Waals surface area contributed by atoms with E-state index in [1.165, 1.54) is 36.0 Å². The van der Waals surface area contributed by atoms with Crippen LogP contribution in [0.3, 0.4) is 0 Å². The number of pyridine rings is 1. The highest BCUT2D eigenvalue weighted by Crippen LogP contribution is 2.26. The molecule has 20 heavy (non-hydrogen) atoms. The predicted molar refractivity (Wildman–Crippen MR) is 80.7 cm³/mol. The van der Waals surface area contributed by atoms with E-state index in [-0.39, 0.29) is 0 Å². The summed E-state index contributed by atoms with van der Waals surface area (Å²) in [6.45, 7) is 2.10. The van der Waals surface area contributed by atoms with Gasteiger partial charge in [-0.25, -0.2) is 0 Å². The zero-order chi connectivity index (χ0) is 13.9. The van der Waals surface area contributed by atoms with Gasteiger partial charge in [0.2, 0.25) is 0 Å². The minimum atomic E-state index is -0.509. The SMILES string of the molecule is CCc1cccnc1C(O)Cc1ccc2c(c1)CCC2. The number of aryl methyl sites for hydroxylation is 3. The maximum absolute atomic E-state index is 10.5. The molecule has 2 nitrogen and oxygen atoms in total. The molecule has 2 aromatic rings. The van der Waals surface area contributed by atoms with Crippen LogP contribution in [-0.2, 0) is 25.7 Å². The smallest absolute Gasteiger partial charge is 0.100 e. The molecule has 3 rings (SSSR count). The minimum absolute atomic E-state index is 0.509. The van der Waals surface area contributed by atoms with Gasteiger partial charge in [0.1, 0.15) is 6.10 Å². The highest BCUT2D eigenvalue weighted by atomic mass is 16.3. The van der Waals surface area contributed by atoms with Crippen LogP contribution in [0.2, 0.25) is 0 Å².